The molecule has 0 atom stereocenters. The van der Waals surface area contributed by atoms with Gasteiger partial charge < -0.3 is 9.78 Å². The third-order valence-corrected chi connectivity index (χ3v) is 1.89. The Morgan fingerprint density at radius 3 is 1.33 bits per heavy atom. The van der Waals surface area contributed by atoms with E-state index in [1.807, 2.05) is 36.4 Å². The van der Waals surface area contributed by atoms with Gasteiger partial charge in [-0.05, 0) is 24.3 Å². The molecule has 6 heteroatoms. The van der Waals surface area contributed by atoms with Crippen molar-refractivity contribution in [3.63, 3.8) is 0 Å². The highest BCUT2D eigenvalue weighted by Crippen LogP contribution is 2.08. The maximum Gasteiger partial charge on any atom is 0.167 e. The molecule has 0 saturated carbocycles. The fourth-order valence-corrected chi connectivity index (χ4v) is 1.12. The summed E-state index contributed by atoms with van der Waals surface area (Å²) in [6.07, 6.45) is 0. The Balaban J connectivity index is 1.54. The summed E-state index contributed by atoms with van der Waals surface area (Å²) in [6, 6.07) is 18.0. The number of rotatable bonds is 7. The highest BCUT2D eigenvalue weighted by molar-refractivity contribution is 5.20. The van der Waals surface area contributed by atoms with E-state index in [9.17, 15) is 0 Å². The first-order valence-corrected chi connectivity index (χ1v) is 5.22. The highest BCUT2D eigenvalue weighted by Gasteiger charge is 1.93. The van der Waals surface area contributed by atoms with E-state index >= 15 is 0 Å². The Kier molecular flexibility index (Phi) is 4.97. The Morgan fingerprint density at radius 1 is 0.556 bits per heavy atom. The van der Waals surface area contributed by atoms with Crippen LogP contribution in [-0.4, -0.2) is 0 Å². The molecule has 2 aromatic carbocycles. The Bertz CT molecular complexity index is 395. The zero-order valence-electron chi connectivity index (χ0n) is 9.41. The van der Waals surface area contributed by atoms with Crippen molar-refractivity contribution >= 4 is 0 Å². The van der Waals surface area contributed by atoms with Gasteiger partial charge in [0.1, 0.15) is 0 Å². The third-order valence-electron chi connectivity index (χ3n) is 1.89. The van der Waals surface area contributed by atoms with E-state index in [1.54, 1.807) is 24.3 Å². The summed E-state index contributed by atoms with van der Waals surface area (Å²) in [5, 5.41) is 0. The van der Waals surface area contributed by atoms with Gasteiger partial charge in [0.15, 0.2) is 11.5 Å². The van der Waals surface area contributed by atoms with Crippen LogP contribution < -0.4 is 21.0 Å². The number of para-hydroxylation sites is 2. The maximum atomic E-state index is 4.85. The second-order valence-electron chi connectivity index (χ2n) is 3.16. The molecule has 6 nitrogen and oxygen atoms in total. The quantitative estimate of drug-likeness (QED) is 0.443. The lowest BCUT2D eigenvalue weighted by atomic mass is 10.3. The molecule has 0 saturated heterocycles. The van der Waals surface area contributed by atoms with Crippen LogP contribution >= 0.6 is 0 Å². The fourth-order valence-electron chi connectivity index (χ4n) is 1.12. The number of hydrogen-bond acceptors (Lipinski definition) is 6. The molecule has 0 aliphatic heterocycles. The highest BCUT2D eigenvalue weighted by atomic mass is 17.3. The lowest BCUT2D eigenvalue weighted by molar-refractivity contribution is -0.353. The minimum absolute atomic E-state index is 0.552. The molecule has 18 heavy (non-hydrogen) atoms. The van der Waals surface area contributed by atoms with Crippen molar-refractivity contribution in [2.75, 3.05) is 0 Å². The van der Waals surface area contributed by atoms with Crippen molar-refractivity contribution < 1.29 is 19.8 Å². The molecule has 0 spiro atoms. The monoisotopic (exact) mass is 248 g/mol. The SMILES string of the molecule is c1ccc(OONNOOc2ccccc2)cc1. The second kappa shape index (κ2) is 7.25. The molecule has 2 rings (SSSR count). The zero-order chi connectivity index (χ0) is 12.5. The van der Waals surface area contributed by atoms with Gasteiger partial charge in [-0.15, -0.1) is 0 Å². The minimum atomic E-state index is 0.552. The van der Waals surface area contributed by atoms with Gasteiger partial charge in [-0.3, -0.25) is 0 Å². The molecule has 0 aromatic heterocycles. The molecule has 0 radical (unpaired) electrons. The van der Waals surface area contributed by atoms with Crippen LogP contribution in [0.15, 0.2) is 60.7 Å². The maximum absolute atomic E-state index is 4.85. The summed E-state index contributed by atoms with van der Waals surface area (Å²) in [5.41, 5.74) is 4.37. The van der Waals surface area contributed by atoms with Crippen molar-refractivity contribution in [3.05, 3.63) is 60.7 Å². The van der Waals surface area contributed by atoms with E-state index in [-0.39, 0.29) is 0 Å². The first-order valence-electron chi connectivity index (χ1n) is 5.22. The van der Waals surface area contributed by atoms with E-state index < -0.39 is 0 Å². The number of hydrogen-bond donors (Lipinski definition) is 2. The molecule has 2 aromatic rings. The lowest BCUT2D eigenvalue weighted by Gasteiger charge is -2.06. The molecule has 94 valence electrons. The predicted molar refractivity (Wildman–Crippen MR) is 62.6 cm³/mol. The summed E-state index contributed by atoms with van der Waals surface area (Å²) in [4.78, 5) is 18.9. The van der Waals surface area contributed by atoms with Gasteiger partial charge >= 0.3 is 0 Å². The van der Waals surface area contributed by atoms with Crippen LogP contribution in [0.2, 0.25) is 0 Å². The Labute approximate surface area is 104 Å². The molecule has 0 unspecified atom stereocenters. The van der Waals surface area contributed by atoms with Crippen LogP contribution in [0.5, 0.6) is 11.5 Å². The van der Waals surface area contributed by atoms with Crippen molar-refractivity contribution in [2.24, 2.45) is 0 Å². The molecular weight excluding hydrogens is 236 g/mol. The van der Waals surface area contributed by atoms with Crippen molar-refractivity contribution in [3.8, 4) is 11.5 Å². The zero-order valence-corrected chi connectivity index (χ0v) is 9.41. The van der Waals surface area contributed by atoms with Gasteiger partial charge in [-0.2, -0.15) is 0 Å². The second-order valence-corrected chi connectivity index (χ2v) is 3.16. The molecule has 0 heterocycles. The molecule has 0 fully saturated rings. The molecule has 2 N–H and O–H groups in total. The average molecular weight is 248 g/mol. The van der Waals surface area contributed by atoms with Crippen LogP contribution in [0, 0.1) is 0 Å². The van der Waals surface area contributed by atoms with Gasteiger partial charge in [-0.1, -0.05) is 57.6 Å². The molecule has 0 aliphatic carbocycles. The van der Waals surface area contributed by atoms with Crippen molar-refractivity contribution in [1.29, 1.82) is 0 Å². The predicted octanol–water partition coefficient (Wildman–Crippen LogP) is 1.93. The summed E-state index contributed by atoms with van der Waals surface area (Å²) in [5.74, 6) is 1.10. The van der Waals surface area contributed by atoms with Gasteiger partial charge in [0.05, 0.1) is 0 Å². The van der Waals surface area contributed by atoms with E-state index in [0.29, 0.717) is 11.5 Å². The van der Waals surface area contributed by atoms with Crippen LogP contribution in [0.3, 0.4) is 0 Å². The van der Waals surface area contributed by atoms with Crippen molar-refractivity contribution in [1.82, 2.24) is 11.2 Å². The van der Waals surface area contributed by atoms with E-state index in [4.69, 9.17) is 9.78 Å². The fraction of sp³-hybridized carbons (Fsp3) is 0. The topological polar surface area (TPSA) is 61.0 Å². The van der Waals surface area contributed by atoms with Gasteiger partial charge in [-0.25, -0.2) is 0 Å². The summed E-state index contributed by atoms with van der Waals surface area (Å²) in [7, 11) is 0. The lowest BCUT2D eigenvalue weighted by Crippen LogP contribution is -2.34. The molecular formula is C12H12N2O4. The Morgan fingerprint density at radius 2 is 0.944 bits per heavy atom. The number of benzene rings is 2. The van der Waals surface area contributed by atoms with Gasteiger partial charge in [0, 0.05) is 0 Å². The van der Waals surface area contributed by atoms with E-state index in [2.05, 4.69) is 21.2 Å². The van der Waals surface area contributed by atoms with Crippen LogP contribution in [0.4, 0.5) is 0 Å². The van der Waals surface area contributed by atoms with Gasteiger partial charge in [0.25, 0.3) is 0 Å². The van der Waals surface area contributed by atoms with Crippen LogP contribution in [-0.2, 0) is 9.98 Å². The van der Waals surface area contributed by atoms with E-state index in [0.717, 1.165) is 0 Å². The number of nitrogens with one attached hydrogen (secondary N) is 2. The molecule has 0 bridgehead atoms. The third kappa shape index (κ3) is 4.40. The van der Waals surface area contributed by atoms with Crippen molar-refractivity contribution in [2.45, 2.75) is 0 Å². The largest absolute Gasteiger partial charge is 0.318 e. The smallest absolute Gasteiger partial charge is 0.167 e. The summed E-state index contributed by atoms with van der Waals surface area (Å²) < 4.78 is 0. The number of hydrazine groups is 1. The van der Waals surface area contributed by atoms with Gasteiger partial charge in [0.2, 0.25) is 0 Å². The first kappa shape index (κ1) is 12.3. The van der Waals surface area contributed by atoms with Crippen LogP contribution in [0.1, 0.15) is 0 Å². The molecule has 0 amide bonds. The summed E-state index contributed by atoms with van der Waals surface area (Å²) >= 11 is 0. The first-order chi connectivity index (χ1) is 8.95. The average Bonchev–Trinajstić information content (AvgIpc) is 2.45. The minimum Gasteiger partial charge on any atom is -0.318 e. The summed E-state index contributed by atoms with van der Waals surface area (Å²) in [6.45, 7) is 0. The van der Waals surface area contributed by atoms with E-state index in [1.165, 1.54) is 0 Å². The van der Waals surface area contributed by atoms with Crippen LogP contribution in [0.25, 0.3) is 0 Å². The standard InChI is InChI=1S/C12H12N2O4/c1-3-7-11(8-4-1)15-17-13-14-18-16-12-9-5-2-6-10-12/h1-10,13-14H. The Hall–Kier alpha value is -2.12. The molecule has 0 aliphatic rings. The normalized spacial score (nSPS) is 10.0.